The lowest BCUT2D eigenvalue weighted by Crippen LogP contribution is -2.52. The van der Waals surface area contributed by atoms with E-state index < -0.39 is 0 Å². The van der Waals surface area contributed by atoms with Crippen molar-refractivity contribution in [3.05, 3.63) is 42.1 Å². The third-order valence-electron chi connectivity index (χ3n) is 4.97. The molecule has 0 radical (unpaired) electrons. The van der Waals surface area contributed by atoms with Crippen LogP contribution in [0.1, 0.15) is 18.5 Å². The second kappa shape index (κ2) is 6.70. The first kappa shape index (κ1) is 15.9. The van der Waals surface area contributed by atoms with Gasteiger partial charge in [0, 0.05) is 31.4 Å². The number of rotatable bonds is 3. The van der Waals surface area contributed by atoms with E-state index in [4.69, 9.17) is 4.74 Å². The van der Waals surface area contributed by atoms with E-state index in [0.29, 0.717) is 24.3 Å². The third kappa shape index (κ3) is 3.43. The smallest absolute Gasteiger partial charge is 0.228 e. The maximum atomic E-state index is 12.2. The zero-order chi connectivity index (χ0) is 17.2. The second-order valence-electron chi connectivity index (χ2n) is 6.74. The Morgan fingerprint density at radius 1 is 1.20 bits per heavy atom. The molecule has 4 rings (SSSR count). The van der Waals surface area contributed by atoms with Crippen LogP contribution < -0.4 is 15.0 Å². The molecule has 2 aliphatic rings. The summed E-state index contributed by atoms with van der Waals surface area (Å²) in [6, 6.07) is 11.4. The van der Waals surface area contributed by atoms with Crippen LogP contribution in [-0.2, 0) is 4.79 Å². The molecule has 2 aliphatic heterocycles. The number of hydrogen-bond donors (Lipinski definition) is 1. The van der Waals surface area contributed by atoms with Crippen LogP contribution in [0.5, 0.6) is 11.6 Å². The van der Waals surface area contributed by atoms with E-state index in [2.05, 4.69) is 20.2 Å². The number of fused-ring (bicyclic) bond motifs is 1. The lowest BCUT2D eigenvalue weighted by Gasteiger charge is -2.40. The number of carbonyl (C=O) groups excluding carboxylic acids is 1. The normalized spacial score (nSPS) is 22.9. The first-order valence-electron chi connectivity index (χ1n) is 8.80. The Morgan fingerprint density at radius 2 is 2.04 bits per heavy atom. The topological polar surface area (TPSA) is 67.3 Å². The van der Waals surface area contributed by atoms with Gasteiger partial charge >= 0.3 is 0 Å². The molecule has 1 aromatic carbocycles. The minimum Gasteiger partial charge on any atom is -0.439 e. The van der Waals surface area contributed by atoms with Crippen molar-refractivity contribution in [1.82, 2.24) is 15.3 Å². The molecule has 6 heteroatoms. The molecular formula is C19H22N4O2. The van der Waals surface area contributed by atoms with Gasteiger partial charge in [-0.15, -0.1) is 0 Å². The van der Waals surface area contributed by atoms with Crippen LogP contribution >= 0.6 is 0 Å². The number of aromatic nitrogens is 2. The van der Waals surface area contributed by atoms with Gasteiger partial charge in [0.1, 0.15) is 5.75 Å². The number of carbonyl (C=O) groups is 1. The highest BCUT2D eigenvalue weighted by Crippen LogP contribution is 2.31. The van der Waals surface area contributed by atoms with E-state index in [1.54, 1.807) is 0 Å². The maximum absolute atomic E-state index is 12.2. The van der Waals surface area contributed by atoms with Crippen molar-refractivity contribution in [2.24, 2.45) is 11.8 Å². The van der Waals surface area contributed by atoms with Crippen LogP contribution in [0.4, 0.5) is 5.95 Å². The predicted octanol–water partition coefficient (Wildman–Crippen LogP) is 2.54. The third-order valence-corrected chi connectivity index (χ3v) is 4.97. The van der Waals surface area contributed by atoms with Crippen LogP contribution in [0, 0.1) is 18.8 Å². The van der Waals surface area contributed by atoms with E-state index in [9.17, 15) is 4.79 Å². The van der Waals surface area contributed by atoms with Gasteiger partial charge in [-0.05, 0) is 37.8 Å². The summed E-state index contributed by atoms with van der Waals surface area (Å²) in [5.41, 5.74) is 0.853. The molecule has 0 aliphatic carbocycles. The Balaban J connectivity index is 1.55. The summed E-state index contributed by atoms with van der Waals surface area (Å²) < 4.78 is 5.86. The van der Waals surface area contributed by atoms with Gasteiger partial charge in [0.2, 0.25) is 17.7 Å². The van der Waals surface area contributed by atoms with E-state index in [-0.39, 0.29) is 11.8 Å². The van der Waals surface area contributed by atoms with Gasteiger partial charge in [-0.3, -0.25) is 4.79 Å². The lowest BCUT2D eigenvalue weighted by molar-refractivity contribution is -0.129. The Kier molecular flexibility index (Phi) is 4.26. The average molecular weight is 338 g/mol. The zero-order valence-electron chi connectivity index (χ0n) is 14.3. The number of piperidine rings is 2. The molecule has 0 unspecified atom stereocenters. The van der Waals surface area contributed by atoms with Crippen LogP contribution in [0.25, 0.3) is 0 Å². The summed E-state index contributed by atoms with van der Waals surface area (Å²) in [4.78, 5) is 23.4. The predicted molar refractivity (Wildman–Crippen MR) is 94.7 cm³/mol. The highest BCUT2D eigenvalue weighted by molar-refractivity contribution is 5.80. The largest absolute Gasteiger partial charge is 0.439 e. The molecule has 1 aromatic heterocycles. The standard InChI is InChI=1S/C19H22N4O2/c1-13-11-17(25-15-5-3-2-4-6-15)22-19(21-13)23-10-8-14-7-9-20-18(24)16(14)12-23/h2-6,11,14,16H,7-10,12H2,1H3,(H,20,24)/t14-,16+/m0/s1. The average Bonchev–Trinajstić information content (AvgIpc) is 2.62. The Bertz CT molecular complexity index is 765. The molecule has 0 spiro atoms. The highest BCUT2D eigenvalue weighted by atomic mass is 16.5. The minimum absolute atomic E-state index is 0.0325. The van der Waals surface area contributed by atoms with Crippen LogP contribution in [0.15, 0.2) is 36.4 Å². The van der Waals surface area contributed by atoms with Gasteiger partial charge in [0.05, 0.1) is 5.92 Å². The number of ether oxygens (including phenoxy) is 1. The molecule has 25 heavy (non-hydrogen) atoms. The molecule has 2 aromatic rings. The first-order chi connectivity index (χ1) is 12.2. The van der Waals surface area contributed by atoms with E-state index in [1.165, 1.54) is 0 Å². The molecule has 2 fully saturated rings. The van der Waals surface area contributed by atoms with Crippen molar-refractivity contribution >= 4 is 11.9 Å². The molecule has 130 valence electrons. The second-order valence-corrected chi connectivity index (χ2v) is 6.74. The molecule has 3 heterocycles. The summed E-state index contributed by atoms with van der Waals surface area (Å²) in [5, 5.41) is 2.98. The van der Waals surface area contributed by atoms with Crippen molar-refractivity contribution in [3.8, 4) is 11.6 Å². The molecule has 0 bridgehead atoms. The van der Waals surface area contributed by atoms with Crippen LogP contribution in [0.2, 0.25) is 0 Å². The summed E-state index contributed by atoms with van der Waals surface area (Å²) >= 11 is 0. The van der Waals surface area contributed by atoms with Crippen LogP contribution in [-0.4, -0.2) is 35.5 Å². The molecule has 6 nitrogen and oxygen atoms in total. The van der Waals surface area contributed by atoms with Crippen molar-refractivity contribution in [1.29, 1.82) is 0 Å². The van der Waals surface area contributed by atoms with Crippen molar-refractivity contribution in [2.45, 2.75) is 19.8 Å². The molecule has 1 N–H and O–H groups in total. The fourth-order valence-corrected chi connectivity index (χ4v) is 3.66. The number of aryl methyl sites for hydroxylation is 1. The molecule has 2 saturated heterocycles. The minimum atomic E-state index is 0.0325. The number of hydrogen-bond acceptors (Lipinski definition) is 5. The van der Waals surface area contributed by atoms with Gasteiger partial charge in [-0.25, -0.2) is 4.98 Å². The summed E-state index contributed by atoms with van der Waals surface area (Å²) in [5.74, 6) is 2.60. The van der Waals surface area contributed by atoms with Crippen molar-refractivity contribution < 1.29 is 9.53 Å². The Hall–Kier alpha value is -2.63. The van der Waals surface area contributed by atoms with Crippen molar-refractivity contribution in [2.75, 3.05) is 24.5 Å². The lowest BCUT2D eigenvalue weighted by atomic mass is 9.80. The molecule has 2 atom stereocenters. The van der Waals surface area contributed by atoms with Crippen LogP contribution in [0.3, 0.4) is 0 Å². The number of para-hydroxylation sites is 1. The highest BCUT2D eigenvalue weighted by Gasteiger charge is 2.37. The monoisotopic (exact) mass is 338 g/mol. The quantitative estimate of drug-likeness (QED) is 0.931. The summed E-state index contributed by atoms with van der Waals surface area (Å²) in [7, 11) is 0. The Labute approximate surface area is 147 Å². The van der Waals surface area contributed by atoms with Gasteiger partial charge in [-0.1, -0.05) is 18.2 Å². The number of benzene rings is 1. The van der Waals surface area contributed by atoms with E-state index in [1.807, 2.05) is 43.3 Å². The maximum Gasteiger partial charge on any atom is 0.228 e. The fourth-order valence-electron chi connectivity index (χ4n) is 3.66. The van der Waals surface area contributed by atoms with Gasteiger partial charge in [-0.2, -0.15) is 4.98 Å². The molecule has 1 amide bonds. The van der Waals surface area contributed by atoms with Crippen molar-refractivity contribution in [3.63, 3.8) is 0 Å². The summed E-state index contributed by atoms with van der Waals surface area (Å²) in [6.07, 6.45) is 2.07. The number of nitrogens with zero attached hydrogens (tertiary/aromatic N) is 3. The summed E-state index contributed by atoms with van der Waals surface area (Å²) in [6.45, 7) is 4.28. The molecule has 0 saturated carbocycles. The molecular weight excluding hydrogens is 316 g/mol. The van der Waals surface area contributed by atoms with Gasteiger partial charge < -0.3 is 15.0 Å². The van der Waals surface area contributed by atoms with E-state index in [0.717, 1.165) is 37.4 Å². The number of anilines is 1. The first-order valence-corrected chi connectivity index (χ1v) is 8.80. The van der Waals surface area contributed by atoms with Gasteiger partial charge in [0.25, 0.3) is 0 Å². The SMILES string of the molecule is Cc1cc(Oc2ccccc2)nc(N2CC[C@@H]3CCNC(=O)[C@@H]3C2)n1. The number of amides is 1. The zero-order valence-corrected chi connectivity index (χ0v) is 14.3. The van der Waals surface area contributed by atoms with E-state index >= 15 is 0 Å². The fraction of sp³-hybridized carbons (Fsp3) is 0.421. The number of nitrogens with one attached hydrogen (secondary N) is 1. The van der Waals surface area contributed by atoms with Gasteiger partial charge in [0.15, 0.2) is 0 Å². The Morgan fingerprint density at radius 3 is 2.88 bits per heavy atom.